The second-order valence-electron chi connectivity index (χ2n) is 5.97. The molecule has 1 aliphatic rings. The fraction of sp³-hybridized carbons (Fsp3) is 0.375. The van der Waals surface area contributed by atoms with Gasteiger partial charge in [-0.05, 0) is 19.8 Å². The smallest absolute Gasteiger partial charge is 0.210 e. The van der Waals surface area contributed by atoms with E-state index in [1.54, 1.807) is 17.9 Å². The van der Waals surface area contributed by atoms with Crippen LogP contribution in [0.25, 0.3) is 0 Å². The quantitative estimate of drug-likeness (QED) is 0.764. The third kappa shape index (κ3) is 3.71. The van der Waals surface area contributed by atoms with Crippen LogP contribution in [-0.2, 0) is 0 Å². The van der Waals surface area contributed by atoms with E-state index in [2.05, 4.69) is 35.4 Å². The molecule has 128 valence electrons. The van der Waals surface area contributed by atoms with Crippen molar-refractivity contribution in [3.8, 4) is 0 Å². The summed E-state index contributed by atoms with van der Waals surface area (Å²) in [6.45, 7) is 3.82. The van der Waals surface area contributed by atoms with Gasteiger partial charge in [0.15, 0.2) is 0 Å². The number of rotatable bonds is 4. The Morgan fingerprint density at radius 2 is 2.24 bits per heavy atom. The average molecular weight is 354 g/mol. The number of aryl methyl sites for hydroxylation is 1. The fourth-order valence-corrected chi connectivity index (χ4v) is 3.48. The first-order valence-electron chi connectivity index (χ1n) is 8.17. The maximum atomic E-state index is 4.71. The lowest BCUT2D eigenvalue weighted by atomic mass is 9.97. The van der Waals surface area contributed by atoms with Crippen molar-refractivity contribution >= 4 is 28.1 Å². The van der Waals surface area contributed by atoms with Crippen LogP contribution in [0.2, 0.25) is 0 Å². The molecule has 0 spiro atoms. The number of hydrogen-bond acceptors (Lipinski definition) is 9. The summed E-state index contributed by atoms with van der Waals surface area (Å²) >= 11 is 1.45. The normalized spacial score (nSPS) is 17.5. The van der Waals surface area contributed by atoms with E-state index in [4.69, 9.17) is 4.98 Å². The van der Waals surface area contributed by atoms with Gasteiger partial charge in [-0.2, -0.15) is 0 Å². The molecule has 8 nitrogen and oxygen atoms in total. The summed E-state index contributed by atoms with van der Waals surface area (Å²) in [6, 6.07) is 1.92. The van der Waals surface area contributed by atoms with E-state index < -0.39 is 0 Å². The van der Waals surface area contributed by atoms with E-state index in [1.165, 1.54) is 11.3 Å². The van der Waals surface area contributed by atoms with Gasteiger partial charge in [-0.15, -0.1) is 10.2 Å². The zero-order chi connectivity index (χ0) is 17.1. The first kappa shape index (κ1) is 15.8. The van der Waals surface area contributed by atoms with Crippen LogP contribution < -0.4 is 10.2 Å². The van der Waals surface area contributed by atoms with E-state index in [0.717, 1.165) is 54.2 Å². The molecule has 1 atom stereocenters. The van der Waals surface area contributed by atoms with Crippen molar-refractivity contribution in [2.45, 2.75) is 25.7 Å². The van der Waals surface area contributed by atoms with Gasteiger partial charge in [-0.3, -0.25) is 4.98 Å². The van der Waals surface area contributed by atoms with Gasteiger partial charge in [-0.1, -0.05) is 11.3 Å². The lowest BCUT2D eigenvalue weighted by Gasteiger charge is -2.32. The van der Waals surface area contributed by atoms with Gasteiger partial charge >= 0.3 is 0 Å². The van der Waals surface area contributed by atoms with Crippen LogP contribution in [0.15, 0.2) is 30.2 Å². The highest BCUT2D eigenvalue weighted by Crippen LogP contribution is 2.28. The molecule has 1 fully saturated rings. The molecule has 9 heteroatoms. The van der Waals surface area contributed by atoms with Gasteiger partial charge in [0.2, 0.25) is 5.13 Å². The maximum Gasteiger partial charge on any atom is 0.210 e. The minimum atomic E-state index is 0.269. The number of nitrogens with zero attached hydrogens (tertiary/aromatic N) is 7. The summed E-state index contributed by atoms with van der Waals surface area (Å²) in [7, 11) is 0. The first-order chi connectivity index (χ1) is 12.3. The van der Waals surface area contributed by atoms with E-state index in [1.807, 2.05) is 19.2 Å². The van der Waals surface area contributed by atoms with E-state index in [0.29, 0.717) is 0 Å². The van der Waals surface area contributed by atoms with Crippen LogP contribution in [0, 0.1) is 6.92 Å². The van der Waals surface area contributed by atoms with Gasteiger partial charge in [0.1, 0.15) is 23.0 Å². The third-order valence-electron chi connectivity index (χ3n) is 4.13. The van der Waals surface area contributed by atoms with Crippen LogP contribution in [0.4, 0.5) is 16.8 Å². The molecule has 1 aliphatic heterocycles. The Balaban J connectivity index is 1.55. The Bertz CT molecular complexity index is 823. The molecular weight excluding hydrogens is 336 g/mol. The van der Waals surface area contributed by atoms with Crippen molar-refractivity contribution in [3.05, 3.63) is 41.7 Å². The molecular formula is C16H18N8S. The molecule has 0 saturated carbocycles. The zero-order valence-corrected chi connectivity index (χ0v) is 14.6. The summed E-state index contributed by atoms with van der Waals surface area (Å²) in [5, 5.41) is 11.8. The number of piperidine rings is 1. The Morgan fingerprint density at radius 1 is 1.28 bits per heavy atom. The monoisotopic (exact) mass is 354 g/mol. The third-order valence-corrected chi connectivity index (χ3v) is 4.73. The van der Waals surface area contributed by atoms with Crippen molar-refractivity contribution < 1.29 is 0 Å². The van der Waals surface area contributed by atoms with Gasteiger partial charge < -0.3 is 10.2 Å². The van der Waals surface area contributed by atoms with Crippen molar-refractivity contribution in [1.82, 2.24) is 30.1 Å². The van der Waals surface area contributed by atoms with E-state index in [9.17, 15) is 0 Å². The van der Waals surface area contributed by atoms with Crippen molar-refractivity contribution in [2.24, 2.45) is 0 Å². The lowest BCUT2D eigenvalue weighted by molar-refractivity contribution is 0.488. The minimum Gasteiger partial charge on any atom is -0.355 e. The fourth-order valence-electron chi connectivity index (χ4n) is 3.03. The topological polar surface area (TPSA) is 92.6 Å². The van der Waals surface area contributed by atoms with Gasteiger partial charge in [0, 0.05) is 43.2 Å². The highest BCUT2D eigenvalue weighted by molar-refractivity contribution is 7.13. The van der Waals surface area contributed by atoms with Crippen LogP contribution in [-0.4, -0.2) is 43.2 Å². The highest BCUT2D eigenvalue weighted by Gasteiger charge is 2.25. The average Bonchev–Trinajstić information content (AvgIpc) is 3.15. The molecule has 0 radical (unpaired) electrons. The van der Waals surface area contributed by atoms with E-state index >= 15 is 0 Å². The second-order valence-corrected chi connectivity index (χ2v) is 6.80. The van der Waals surface area contributed by atoms with Gasteiger partial charge in [0.25, 0.3) is 0 Å². The number of hydrogen-bond donors (Lipinski definition) is 1. The molecule has 0 bridgehead atoms. The minimum absolute atomic E-state index is 0.269. The lowest BCUT2D eigenvalue weighted by Crippen LogP contribution is -2.35. The molecule has 4 rings (SSSR count). The molecule has 3 aromatic rings. The molecule has 1 saturated heterocycles. The summed E-state index contributed by atoms with van der Waals surface area (Å²) in [4.78, 5) is 20.2. The van der Waals surface area contributed by atoms with Crippen LogP contribution in [0.3, 0.4) is 0 Å². The second kappa shape index (κ2) is 7.06. The molecule has 1 N–H and O–H groups in total. The molecule has 0 aromatic carbocycles. The maximum absolute atomic E-state index is 4.71. The Hall–Kier alpha value is -2.68. The molecule has 25 heavy (non-hydrogen) atoms. The molecule has 3 aromatic heterocycles. The van der Waals surface area contributed by atoms with Crippen molar-refractivity contribution in [2.75, 3.05) is 23.3 Å². The number of nitrogens with one attached hydrogen (secondary N) is 1. The van der Waals surface area contributed by atoms with Crippen molar-refractivity contribution in [1.29, 1.82) is 0 Å². The standard InChI is InChI=1S/C16H18N8S/c1-11-7-13(22-16-23-19-10-25-16)21-15(20-11)12-3-2-6-24(9-12)14-8-17-4-5-18-14/h4-5,7-8,10,12H,2-3,6,9H2,1H3,(H,20,21,22,23)/t12-/m1/s1. The SMILES string of the molecule is Cc1cc(Nc2nncs2)nc([C@@H]2CCCN(c3cnccn3)C2)n1. The Kier molecular flexibility index (Phi) is 4.47. The summed E-state index contributed by atoms with van der Waals surface area (Å²) in [5.41, 5.74) is 2.63. The highest BCUT2D eigenvalue weighted by atomic mass is 32.1. The predicted octanol–water partition coefficient (Wildman–Crippen LogP) is 2.55. The zero-order valence-electron chi connectivity index (χ0n) is 13.8. The Morgan fingerprint density at radius 3 is 3.04 bits per heavy atom. The van der Waals surface area contributed by atoms with E-state index in [-0.39, 0.29) is 5.92 Å². The predicted molar refractivity (Wildman–Crippen MR) is 96.2 cm³/mol. The van der Waals surface area contributed by atoms with Gasteiger partial charge in [0.05, 0.1) is 6.20 Å². The molecule has 4 heterocycles. The molecule has 0 unspecified atom stereocenters. The first-order valence-corrected chi connectivity index (χ1v) is 9.05. The summed E-state index contributed by atoms with van der Waals surface area (Å²) < 4.78 is 0. The van der Waals surface area contributed by atoms with Crippen molar-refractivity contribution in [3.63, 3.8) is 0 Å². The number of aromatic nitrogens is 6. The van der Waals surface area contributed by atoms with Crippen LogP contribution >= 0.6 is 11.3 Å². The molecule has 0 amide bonds. The Labute approximate surface area is 149 Å². The van der Waals surface area contributed by atoms with Gasteiger partial charge in [-0.25, -0.2) is 15.0 Å². The van der Waals surface area contributed by atoms with Crippen LogP contribution in [0.5, 0.6) is 0 Å². The summed E-state index contributed by atoms with van der Waals surface area (Å²) in [5.74, 6) is 2.80. The number of anilines is 3. The molecule has 0 aliphatic carbocycles. The largest absolute Gasteiger partial charge is 0.355 e. The van der Waals surface area contributed by atoms with Crippen LogP contribution in [0.1, 0.15) is 30.3 Å². The summed E-state index contributed by atoms with van der Waals surface area (Å²) in [6.07, 6.45) is 7.38.